The number of nitrogens with one attached hydrogen (secondary N) is 1. The molecule has 2 aromatic rings. The molecule has 134 valence electrons. The van der Waals surface area contributed by atoms with Crippen LogP contribution in [0.3, 0.4) is 0 Å². The van der Waals surface area contributed by atoms with Crippen molar-refractivity contribution in [2.45, 2.75) is 52.7 Å². The van der Waals surface area contributed by atoms with Crippen LogP contribution in [0.25, 0.3) is 10.2 Å². The molecule has 7 nitrogen and oxygen atoms in total. The van der Waals surface area contributed by atoms with E-state index in [2.05, 4.69) is 10.3 Å². The maximum absolute atomic E-state index is 12.6. The van der Waals surface area contributed by atoms with Gasteiger partial charge in [-0.3, -0.25) is 14.2 Å². The molecule has 8 heteroatoms. The fourth-order valence-electron chi connectivity index (χ4n) is 2.93. The van der Waals surface area contributed by atoms with E-state index in [4.69, 9.17) is 4.74 Å². The largest absolute Gasteiger partial charge is 0.448 e. The first-order valence-electron chi connectivity index (χ1n) is 8.45. The van der Waals surface area contributed by atoms with Crippen LogP contribution in [0, 0.1) is 6.92 Å². The molecule has 2 aromatic heterocycles. The van der Waals surface area contributed by atoms with Crippen molar-refractivity contribution in [2.24, 2.45) is 0 Å². The summed E-state index contributed by atoms with van der Waals surface area (Å²) in [6, 6.07) is 0. The van der Waals surface area contributed by atoms with Crippen LogP contribution in [0.5, 0.6) is 0 Å². The molecule has 1 aliphatic heterocycles. The van der Waals surface area contributed by atoms with Crippen molar-refractivity contribution in [2.75, 3.05) is 6.54 Å². The Morgan fingerprint density at radius 2 is 2.20 bits per heavy atom. The number of fused-ring (bicyclic) bond motifs is 2. The fraction of sp³-hybridized carbons (Fsp3) is 0.529. The summed E-state index contributed by atoms with van der Waals surface area (Å²) in [5, 5.41) is 3.17. The minimum Gasteiger partial charge on any atom is -0.448 e. The second kappa shape index (κ2) is 6.95. The third-order valence-corrected chi connectivity index (χ3v) is 5.46. The van der Waals surface area contributed by atoms with E-state index in [1.54, 1.807) is 11.5 Å². The van der Waals surface area contributed by atoms with Crippen LogP contribution >= 0.6 is 11.3 Å². The molecule has 1 atom stereocenters. The molecular weight excluding hydrogens is 342 g/mol. The van der Waals surface area contributed by atoms with Crippen molar-refractivity contribution in [1.82, 2.24) is 14.9 Å². The molecule has 1 amide bonds. The van der Waals surface area contributed by atoms with Gasteiger partial charge in [0, 0.05) is 19.5 Å². The van der Waals surface area contributed by atoms with E-state index in [9.17, 15) is 14.4 Å². The average Bonchev–Trinajstić information content (AvgIpc) is 3.17. The van der Waals surface area contributed by atoms with E-state index in [1.807, 2.05) is 6.92 Å². The van der Waals surface area contributed by atoms with Gasteiger partial charge in [0.05, 0.1) is 5.39 Å². The predicted octanol–water partition coefficient (Wildman–Crippen LogP) is 1.78. The standard InChI is InChI=1S/C17H21N3O4S/c1-4-7-18-14(21)10(3)24-17(23)13-9(2)12-15(25-13)19-11-6-5-8-20(11)16(12)22/h10H,4-8H2,1-3H3,(H,18,21). The van der Waals surface area contributed by atoms with Gasteiger partial charge < -0.3 is 10.1 Å². The Morgan fingerprint density at radius 1 is 1.44 bits per heavy atom. The third-order valence-electron chi connectivity index (χ3n) is 4.30. The zero-order valence-electron chi connectivity index (χ0n) is 14.5. The number of ether oxygens (including phenoxy) is 1. The summed E-state index contributed by atoms with van der Waals surface area (Å²) in [6.45, 7) is 6.41. The molecule has 0 aliphatic carbocycles. The highest BCUT2D eigenvalue weighted by atomic mass is 32.1. The second-order valence-electron chi connectivity index (χ2n) is 6.16. The number of thiophene rings is 1. The summed E-state index contributed by atoms with van der Waals surface area (Å²) < 4.78 is 6.95. The van der Waals surface area contributed by atoms with E-state index in [-0.39, 0.29) is 11.5 Å². The molecule has 3 rings (SSSR count). The monoisotopic (exact) mass is 363 g/mol. The lowest BCUT2D eigenvalue weighted by Crippen LogP contribution is -2.36. The maximum Gasteiger partial charge on any atom is 0.349 e. The summed E-state index contributed by atoms with van der Waals surface area (Å²) in [5.74, 6) is -0.152. The second-order valence-corrected chi connectivity index (χ2v) is 7.16. The Balaban J connectivity index is 1.88. The van der Waals surface area contributed by atoms with Crippen molar-refractivity contribution >= 4 is 33.4 Å². The molecule has 0 bridgehead atoms. The Hall–Kier alpha value is -2.22. The van der Waals surface area contributed by atoms with Gasteiger partial charge in [0.2, 0.25) is 0 Å². The predicted molar refractivity (Wildman–Crippen MR) is 95.1 cm³/mol. The molecule has 0 spiro atoms. The number of esters is 1. The molecule has 1 N–H and O–H groups in total. The van der Waals surface area contributed by atoms with Gasteiger partial charge in [0.25, 0.3) is 11.5 Å². The molecule has 25 heavy (non-hydrogen) atoms. The molecule has 3 heterocycles. The van der Waals surface area contributed by atoms with Gasteiger partial charge >= 0.3 is 5.97 Å². The fourth-order valence-corrected chi connectivity index (χ4v) is 4.00. The van der Waals surface area contributed by atoms with Crippen LogP contribution in [0.4, 0.5) is 0 Å². The average molecular weight is 363 g/mol. The van der Waals surface area contributed by atoms with Crippen LogP contribution < -0.4 is 10.9 Å². The van der Waals surface area contributed by atoms with Crippen molar-refractivity contribution < 1.29 is 14.3 Å². The van der Waals surface area contributed by atoms with Crippen LogP contribution in [-0.2, 0) is 22.5 Å². The number of nitrogens with zero attached hydrogens (tertiary/aromatic N) is 2. The van der Waals surface area contributed by atoms with Crippen molar-refractivity contribution in [3.05, 3.63) is 26.6 Å². The highest BCUT2D eigenvalue weighted by molar-refractivity contribution is 7.20. The normalized spacial score (nSPS) is 14.4. The Bertz CT molecular complexity index is 899. The summed E-state index contributed by atoms with van der Waals surface area (Å²) in [5.41, 5.74) is 0.477. The van der Waals surface area contributed by atoms with E-state index in [0.29, 0.717) is 33.7 Å². The van der Waals surface area contributed by atoms with Crippen LogP contribution in [-0.4, -0.2) is 34.1 Å². The number of aromatic nitrogens is 2. The Labute approximate surface area is 149 Å². The summed E-state index contributed by atoms with van der Waals surface area (Å²) in [6.07, 6.45) is 1.61. The molecule has 0 saturated carbocycles. The first-order valence-corrected chi connectivity index (χ1v) is 9.27. The van der Waals surface area contributed by atoms with Gasteiger partial charge in [-0.2, -0.15) is 0 Å². The zero-order chi connectivity index (χ0) is 18.1. The van der Waals surface area contributed by atoms with Crippen molar-refractivity contribution in [3.8, 4) is 0 Å². The number of carbonyl (C=O) groups is 2. The first kappa shape index (κ1) is 17.6. The SMILES string of the molecule is CCCNC(=O)C(C)OC(=O)c1sc2nc3n(c(=O)c2c1C)CCC3. The summed E-state index contributed by atoms with van der Waals surface area (Å²) in [4.78, 5) is 42.4. The molecule has 0 radical (unpaired) electrons. The molecule has 1 unspecified atom stereocenters. The van der Waals surface area contributed by atoms with Gasteiger partial charge in [-0.05, 0) is 32.3 Å². The van der Waals surface area contributed by atoms with Gasteiger partial charge in [-0.1, -0.05) is 6.92 Å². The van der Waals surface area contributed by atoms with E-state index < -0.39 is 12.1 Å². The molecule has 0 fully saturated rings. The maximum atomic E-state index is 12.6. The van der Waals surface area contributed by atoms with Crippen molar-refractivity contribution in [1.29, 1.82) is 0 Å². The number of hydrogen-bond donors (Lipinski definition) is 1. The topological polar surface area (TPSA) is 90.3 Å². The third kappa shape index (κ3) is 3.18. The van der Waals surface area contributed by atoms with Crippen molar-refractivity contribution in [3.63, 3.8) is 0 Å². The number of amides is 1. The summed E-state index contributed by atoms with van der Waals surface area (Å²) in [7, 11) is 0. The Morgan fingerprint density at radius 3 is 2.92 bits per heavy atom. The number of hydrogen-bond acceptors (Lipinski definition) is 6. The lowest BCUT2D eigenvalue weighted by Gasteiger charge is -2.12. The highest BCUT2D eigenvalue weighted by Gasteiger charge is 2.26. The molecular formula is C17H21N3O4S. The quantitative estimate of drug-likeness (QED) is 0.818. The highest BCUT2D eigenvalue weighted by Crippen LogP contribution is 2.29. The number of carbonyl (C=O) groups excluding carboxylic acids is 2. The van der Waals surface area contributed by atoms with Crippen LogP contribution in [0.2, 0.25) is 0 Å². The zero-order valence-corrected chi connectivity index (χ0v) is 15.4. The lowest BCUT2D eigenvalue weighted by atomic mass is 10.2. The summed E-state index contributed by atoms with van der Waals surface area (Å²) >= 11 is 1.15. The smallest absolute Gasteiger partial charge is 0.349 e. The minimum absolute atomic E-state index is 0.0981. The molecule has 0 aromatic carbocycles. The van der Waals surface area contributed by atoms with E-state index in [0.717, 1.165) is 36.4 Å². The van der Waals surface area contributed by atoms with Gasteiger partial charge in [0.1, 0.15) is 15.5 Å². The molecule has 0 saturated heterocycles. The van der Waals surface area contributed by atoms with E-state index in [1.165, 1.54) is 6.92 Å². The Kier molecular flexibility index (Phi) is 4.89. The van der Waals surface area contributed by atoms with Crippen LogP contribution in [0.15, 0.2) is 4.79 Å². The number of rotatable bonds is 5. The minimum atomic E-state index is -0.886. The first-order chi connectivity index (χ1) is 11.9. The number of aryl methyl sites for hydroxylation is 2. The van der Waals surface area contributed by atoms with Gasteiger partial charge in [-0.25, -0.2) is 9.78 Å². The lowest BCUT2D eigenvalue weighted by molar-refractivity contribution is -0.129. The van der Waals surface area contributed by atoms with E-state index >= 15 is 0 Å². The van der Waals surface area contributed by atoms with Gasteiger partial charge in [0.15, 0.2) is 6.10 Å². The molecule has 1 aliphatic rings. The van der Waals surface area contributed by atoms with Gasteiger partial charge in [-0.15, -0.1) is 11.3 Å². The van der Waals surface area contributed by atoms with Crippen LogP contribution in [0.1, 0.15) is 47.7 Å².